The maximum absolute atomic E-state index is 13.7. The van der Waals surface area contributed by atoms with Gasteiger partial charge >= 0.3 is 6.18 Å². The van der Waals surface area contributed by atoms with E-state index < -0.39 is 17.6 Å². The van der Waals surface area contributed by atoms with Gasteiger partial charge in [-0.25, -0.2) is 4.39 Å². The summed E-state index contributed by atoms with van der Waals surface area (Å²) >= 11 is 0. The van der Waals surface area contributed by atoms with E-state index in [1.807, 2.05) is 0 Å². The standard InChI is InChI=1S/C15H12F4O/c16-14-6-1-10(7-8-20)9-13(14)11-2-4-12(5-3-11)15(17,18)19/h1-6,9,20H,7-8H2. The van der Waals surface area contributed by atoms with E-state index in [0.717, 1.165) is 17.7 Å². The molecule has 5 heteroatoms. The van der Waals surface area contributed by atoms with Gasteiger partial charge in [-0.1, -0.05) is 18.2 Å². The molecule has 1 N–H and O–H groups in total. The number of aliphatic hydroxyl groups excluding tert-OH is 1. The zero-order chi connectivity index (χ0) is 14.8. The molecule has 2 aromatic carbocycles. The molecule has 0 atom stereocenters. The number of hydrogen-bond donors (Lipinski definition) is 1. The van der Waals surface area contributed by atoms with Crippen molar-refractivity contribution in [3.63, 3.8) is 0 Å². The number of aliphatic hydroxyl groups is 1. The molecule has 0 heterocycles. The summed E-state index contributed by atoms with van der Waals surface area (Å²) in [6.07, 6.45) is -4.04. The van der Waals surface area contributed by atoms with Gasteiger partial charge in [0.15, 0.2) is 0 Å². The van der Waals surface area contributed by atoms with Crippen LogP contribution in [0.5, 0.6) is 0 Å². The Morgan fingerprint density at radius 1 is 0.950 bits per heavy atom. The van der Waals surface area contributed by atoms with Crippen molar-refractivity contribution in [3.05, 3.63) is 59.4 Å². The topological polar surface area (TPSA) is 20.2 Å². The first-order valence-corrected chi connectivity index (χ1v) is 5.99. The molecule has 0 aliphatic rings. The minimum Gasteiger partial charge on any atom is -0.396 e. The van der Waals surface area contributed by atoms with Crippen molar-refractivity contribution in [3.8, 4) is 11.1 Å². The summed E-state index contributed by atoms with van der Waals surface area (Å²) in [6, 6.07) is 8.65. The van der Waals surface area contributed by atoms with Crippen molar-refractivity contribution in [2.45, 2.75) is 12.6 Å². The molecule has 0 saturated carbocycles. The van der Waals surface area contributed by atoms with Crippen molar-refractivity contribution in [1.29, 1.82) is 0 Å². The molecule has 1 nitrogen and oxygen atoms in total. The molecule has 20 heavy (non-hydrogen) atoms. The van der Waals surface area contributed by atoms with Crippen LogP contribution in [-0.2, 0) is 12.6 Å². The van der Waals surface area contributed by atoms with Gasteiger partial charge in [0.05, 0.1) is 5.56 Å². The summed E-state index contributed by atoms with van der Waals surface area (Å²) < 4.78 is 51.1. The Hall–Kier alpha value is -1.88. The number of rotatable bonds is 3. The third kappa shape index (κ3) is 3.17. The Balaban J connectivity index is 2.38. The largest absolute Gasteiger partial charge is 0.416 e. The number of hydrogen-bond acceptors (Lipinski definition) is 1. The van der Waals surface area contributed by atoms with E-state index in [-0.39, 0.29) is 12.2 Å². The van der Waals surface area contributed by atoms with E-state index in [9.17, 15) is 17.6 Å². The highest BCUT2D eigenvalue weighted by atomic mass is 19.4. The van der Waals surface area contributed by atoms with Crippen LogP contribution in [0.25, 0.3) is 11.1 Å². The van der Waals surface area contributed by atoms with Crippen LogP contribution < -0.4 is 0 Å². The number of alkyl halides is 3. The van der Waals surface area contributed by atoms with Crippen LogP contribution in [0.2, 0.25) is 0 Å². The average Bonchev–Trinajstić information content (AvgIpc) is 2.40. The average molecular weight is 284 g/mol. The molecule has 0 fully saturated rings. The molecule has 106 valence electrons. The van der Waals surface area contributed by atoms with Crippen LogP contribution in [0.15, 0.2) is 42.5 Å². The Labute approximate surface area is 113 Å². The lowest BCUT2D eigenvalue weighted by atomic mass is 10.00. The van der Waals surface area contributed by atoms with Gasteiger partial charge in [0.1, 0.15) is 5.82 Å². The van der Waals surface area contributed by atoms with Crippen molar-refractivity contribution in [1.82, 2.24) is 0 Å². The molecule has 0 saturated heterocycles. The Morgan fingerprint density at radius 2 is 1.60 bits per heavy atom. The zero-order valence-electron chi connectivity index (χ0n) is 10.4. The Kier molecular flexibility index (Phi) is 4.09. The molecule has 0 radical (unpaired) electrons. The highest BCUT2D eigenvalue weighted by Crippen LogP contribution is 2.31. The molecule has 2 rings (SSSR count). The summed E-state index contributed by atoms with van der Waals surface area (Å²) in [7, 11) is 0. The third-order valence-corrected chi connectivity index (χ3v) is 2.95. The lowest BCUT2D eigenvalue weighted by Crippen LogP contribution is -2.04. The van der Waals surface area contributed by atoms with Crippen LogP contribution in [0.1, 0.15) is 11.1 Å². The smallest absolute Gasteiger partial charge is 0.396 e. The van der Waals surface area contributed by atoms with Crippen molar-refractivity contribution >= 4 is 0 Å². The second-order valence-corrected chi connectivity index (χ2v) is 4.36. The van der Waals surface area contributed by atoms with Gasteiger partial charge in [-0.3, -0.25) is 0 Å². The predicted octanol–water partition coefficient (Wildman–Crippen LogP) is 4.05. The summed E-state index contributed by atoms with van der Waals surface area (Å²) in [5.74, 6) is -0.508. The first kappa shape index (κ1) is 14.5. The van der Waals surface area contributed by atoms with Crippen LogP contribution in [-0.4, -0.2) is 11.7 Å². The monoisotopic (exact) mass is 284 g/mol. The van der Waals surface area contributed by atoms with Gasteiger partial charge in [-0.15, -0.1) is 0 Å². The molecule has 0 spiro atoms. The van der Waals surface area contributed by atoms with Crippen LogP contribution in [0.3, 0.4) is 0 Å². The summed E-state index contributed by atoms with van der Waals surface area (Å²) in [6.45, 7) is -0.0713. The lowest BCUT2D eigenvalue weighted by Gasteiger charge is -2.09. The quantitative estimate of drug-likeness (QED) is 0.843. The maximum atomic E-state index is 13.7. The Morgan fingerprint density at radius 3 is 2.15 bits per heavy atom. The van der Waals surface area contributed by atoms with E-state index in [4.69, 9.17) is 5.11 Å². The molecule has 0 aromatic heterocycles. The van der Waals surface area contributed by atoms with Gasteiger partial charge in [-0.05, 0) is 41.8 Å². The van der Waals surface area contributed by atoms with Crippen LogP contribution >= 0.6 is 0 Å². The van der Waals surface area contributed by atoms with E-state index in [2.05, 4.69) is 0 Å². The van der Waals surface area contributed by atoms with E-state index in [0.29, 0.717) is 12.0 Å². The molecule has 0 aliphatic carbocycles. The minimum atomic E-state index is -4.41. The van der Waals surface area contributed by atoms with Gasteiger partial charge in [-0.2, -0.15) is 13.2 Å². The minimum absolute atomic E-state index is 0.0713. The second kappa shape index (κ2) is 5.63. The molecule has 0 amide bonds. The van der Waals surface area contributed by atoms with Crippen molar-refractivity contribution in [2.24, 2.45) is 0 Å². The summed E-state index contributed by atoms with van der Waals surface area (Å²) in [4.78, 5) is 0. The van der Waals surface area contributed by atoms with E-state index >= 15 is 0 Å². The van der Waals surface area contributed by atoms with E-state index in [1.165, 1.54) is 24.3 Å². The fraction of sp³-hybridized carbons (Fsp3) is 0.200. The molecule has 2 aromatic rings. The molecular weight excluding hydrogens is 272 g/mol. The van der Waals surface area contributed by atoms with Crippen molar-refractivity contribution in [2.75, 3.05) is 6.61 Å². The zero-order valence-corrected chi connectivity index (χ0v) is 10.4. The van der Waals surface area contributed by atoms with Gasteiger partial charge in [0.2, 0.25) is 0 Å². The highest BCUT2D eigenvalue weighted by Gasteiger charge is 2.30. The normalized spacial score (nSPS) is 11.7. The predicted molar refractivity (Wildman–Crippen MR) is 67.6 cm³/mol. The fourth-order valence-corrected chi connectivity index (χ4v) is 1.92. The van der Waals surface area contributed by atoms with Gasteiger partial charge in [0, 0.05) is 12.2 Å². The van der Waals surface area contributed by atoms with Gasteiger partial charge in [0.25, 0.3) is 0 Å². The molecular formula is C15H12F4O. The van der Waals surface area contributed by atoms with Crippen LogP contribution in [0.4, 0.5) is 17.6 Å². The molecule has 0 aliphatic heterocycles. The lowest BCUT2D eigenvalue weighted by molar-refractivity contribution is -0.137. The van der Waals surface area contributed by atoms with E-state index in [1.54, 1.807) is 6.07 Å². The maximum Gasteiger partial charge on any atom is 0.416 e. The summed E-state index contributed by atoms with van der Waals surface area (Å²) in [5.41, 5.74) is 0.553. The SMILES string of the molecule is OCCc1ccc(F)c(-c2ccc(C(F)(F)F)cc2)c1. The van der Waals surface area contributed by atoms with Crippen molar-refractivity contribution < 1.29 is 22.7 Å². The number of halogens is 4. The molecule has 0 bridgehead atoms. The van der Waals surface area contributed by atoms with Crippen LogP contribution in [0, 0.1) is 5.82 Å². The fourth-order valence-electron chi connectivity index (χ4n) is 1.92. The highest BCUT2D eigenvalue weighted by molar-refractivity contribution is 5.65. The number of benzene rings is 2. The summed E-state index contributed by atoms with van der Waals surface area (Å²) in [5, 5.41) is 8.86. The first-order valence-electron chi connectivity index (χ1n) is 5.99. The molecule has 0 unspecified atom stereocenters. The first-order chi connectivity index (χ1) is 9.41. The Bertz CT molecular complexity index is 588. The third-order valence-electron chi connectivity index (χ3n) is 2.95. The second-order valence-electron chi connectivity index (χ2n) is 4.36. The van der Waals surface area contributed by atoms with Gasteiger partial charge < -0.3 is 5.11 Å².